The largest absolute Gasteiger partial charge is 0.508 e. The fourth-order valence-electron chi connectivity index (χ4n) is 2.12. The van der Waals surface area contributed by atoms with Gasteiger partial charge >= 0.3 is 0 Å². The van der Waals surface area contributed by atoms with Crippen molar-refractivity contribution in [3.8, 4) is 5.75 Å². The van der Waals surface area contributed by atoms with Crippen molar-refractivity contribution in [3.63, 3.8) is 0 Å². The topological polar surface area (TPSA) is 75.4 Å². The zero-order valence-electron chi connectivity index (χ0n) is 12.0. The summed E-state index contributed by atoms with van der Waals surface area (Å²) in [6.45, 7) is 2.49. The lowest BCUT2D eigenvalue weighted by Gasteiger charge is -2.12. The number of benzene rings is 2. The number of rotatable bonds is 5. The number of phenols is 1. The van der Waals surface area contributed by atoms with E-state index in [0.29, 0.717) is 13.0 Å². The SMILES string of the molecule is Cc1cccc(CNC(=O)[C@@H](N)Cc2ccc(O)cc2)c1. The minimum absolute atomic E-state index is 0.176. The second-order valence-electron chi connectivity index (χ2n) is 5.18. The highest BCUT2D eigenvalue weighted by Gasteiger charge is 2.13. The Bertz CT molecular complexity index is 608. The molecule has 4 heteroatoms. The summed E-state index contributed by atoms with van der Waals surface area (Å²) in [5.41, 5.74) is 9.05. The van der Waals surface area contributed by atoms with Crippen LogP contribution in [-0.2, 0) is 17.8 Å². The van der Waals surface area contributed by atoms with Gasteiger partial charge in [0.15, 0.2) is 0 Å². The van der Waals surface area contributed by atoms with E-state index in [-0.39, 0.29) is 11.7 Å². The van der Waals surface area contributed by atoms with Gasteiger partial charge in [-0.3, -0.25) is 4.79 Å². The Labute approximate surface area is 124 Å². The first-order chi connectivity index (χ1) is 10.0. The summed E-state index contributed by atoms with van der Waals surface area (Å²) in [6.07, 6.45) is 0.444. The molecule has 0 aliphatic rings. The van der Waals surface area contributed by atoms with E-state index in [1.165, 1.54) is 0 Å². The molecule has 2 aromatic carbocycles. The fraction of sp³-hybridized carbons (Fsp3) is 0.235. The highest BCUT2D eigenvalue weighted by Crippen LogP contribution is 2.11. The zero-order valence-corrected chi connectivity index (χ0v) is 12.0. The van der Waals surface area contributed by atoms with E-state index in [1.807, 2.05) is 31.2 Å². The van der Waals surface area contributed by atoms with E-state index in [1.54, 1.807) is 24.3 Å². The molecule has 110 valence electrons. The number of carbonyl (C=O) groups is 1. The van der Waals surface area contributed by atoms with Gasteiger partial charge in [-0.1, -0.05) is 42.0 Å². The Balaban J connectivity index is 1.86. The molecule has 0 fully saturated rings. The smallest absolute Gasteiger partial charge is 0.237 e. The van der Waals surface area contributed by atoms with Crippen molar-refractivity contribution in [3.05, 3.63) is 65.2 Å². The van der Waals surface area contributed by atoms with Crippen LogP contribution in [-0.4, -0.2) is 17.1 Å². The summed E-state index contributed by atoms with van der Waals surface area (Å²) >= 11 is 0. The van der Waals surface area contributed by atoms with Gasteiger partial charge in [0.25, 0.3) is 0 Å². The first-order valence-corrected chi connectivity index (χ1v) is 6.91. The second kappa shape index (κ2) is 6.90. The van der Waals surface area contributed by atoms with Crippen molar-refractivity contribution in [2.24, 2.45) is 5.73 Å². The number of nitrogens with two attached hydrogens (primary N) is 1. The maximum absolute atomic E-state index is 12.0. The van der Waals surface area contributed by atoms with Crippen LogP contribution in [0.4, 0.5) is 0 Å². The van der Waals surface area contributed by atoms with Gasteiger partial charge < -0.3 is 16.2 Å². The van der Waals surface area contributed by atoms with E-state index < -0.39 is 6.04 Å². The summed E-state index contributed by atoms with van der Waals surface area (Å²) < 4.78 is 0. The van der Waals surface area contributed by atoms with Gasteiger partial charge in [-0.15, -0.1) is 0 Å². The van der Waals surface area contributed by atoms with Crippen LogP contribution in [0.2, 0.25) is 0 Å². The van der Waals surface area contributed by atoms with Gasteiger partial charge in [0.2, 0.25) is 5.91 Å². The van der Waals surface area contributed by atoms with Gasteiger partial charge in [0, 0.05) is 6.54 Å². The summed E-state index contributed by atoms with van der Waals surface area (Å²) in [5, 5.41) is 12.1. The van der Waals surface area contributed by atoms with Crippen LogP contribution >= 0.6 is 0 Å². The summed E-state index contributed by atoms with van der Waals surface area (Å²) in [7, 11) is 0. The molecule has 0 aliphatic carbocycles. The molecule has 21 heavy (non-hydrogen) atoms. The molecule has 0 bridgehead atoms. The van der Waals surface area contributed by atoms with Gasteiger partial charge in [-0.25, -0.2) is 0 Å². The second-order valence-corrected chi connectivity index (χ2v) is 5.18. The van der Waals surface area contributed by atoms with Crippen LogP contribution in [0, 0.1) is 6.92 Å². The predicted octanol–water partition coefficient (Wildman–Crippen LogP) is 1.89. The van der Waals surface area contributed by atoms with E-state index in [2.05, 4.69) is 5.32 Å². The van der Waals surface area contributed by atoms with Crippen LogP contribution in [0.5, 0.6) is 5.75 Å². The Morgan fingerprint density at radius 1 is 1.19 bits per heavy atom. The molecule has 0 unspecified atom stereocenters. The molecular formula is C17H20N2O2. The van der Waals surface area contributed by atoms with Gasteiger partial charge in [0.1, 0.15) is 5.75 Å². The van der Waals surface area contributed by atoms with Crippen LogP contribution in [0.25, 0.3) is 0 Å². The number of aromatic hydroxyl groups is 1. The average Bonchev–Trinajstić information content (AvgIpc) is 2.47. The number of carbonyl (C=O) groups excluding carboxylic acids is 1. The maximum Gasteiger partial charge on any atom is 0.237 e. The standard InChI is InChI=1S/C17H20N2O2/c1-12-3-2-4-14(9-12)11-19-17(21)16(18)10-13-5-7-15(20)8-6-13/h2-9,16,20H,10-11,18H2,1H3,(H,19,21)/t16-/m0/s1. The Hall–Kier alpha value is -2.33. The van der Waals surface area contributed by atoms with E-state index in [4.69, 9.17) is 5.73 Å². The van der Waals surface area contributed by atoms with E-state index >= 15 is 0 Å². The molecule has 0 saturated carbocycles. The normalized spacial score (nSPS) is 11.9. The summed E-state index contributed by atoms with van der Waals surface area (Å²) in [6, 6.07) is 14.1. The predicted molar refractivity (Wildman–Crippen MR) is 82.8 cm³/mol. The lowest BCUT2D eigenvalue weighted by Crippen LogP contribution is -2.41. The molecule has 0 saturated heterocycles. The number of nitrogens with one attached hydrogen (secondary N) is 1. The summed E-state index contributed by atoms with van der Waals surface area (Å²) in [4.78, 5) is 12.0. The van der Waals surface area contributed by atoms with Crippen LogP contribution in [0.1, 0.15) is 16.7 Å². The Morgan fingerprint density at radius 3 is 2.57 bits per heavy atom. The number of aryl methyl sites for hydroxylation is 1. The molecule has 0 spiro atoms. The van der Waals surface area contributed by atoms with Crippen molar-refractivity contribution in [2.45, 2.75) is 25.9 Å². The molecule has 2 rings (SSSR count). The zero-order chi connectivity index (χ0) is 15.2. The van der Waals surface area contributed by atoms with Crippen molar-refractivity contribution in [1.29, 1.82) is 0 Å². The monoisotopic (exact) mass is 284 g/mol. The number of hydrogen-bond acceptors (Lipinski definition) is 3. The highest BCUT2D eigenvalue weighted by molar-refractivity contribution is 5.81. The van der Waals surface area contributed by atoms with Crippen LogP contribution in [0.15, 0.2) is 48.5 Å². The van der Waals surface area contributed by atoms with Gasteiger partial charge in [-0.2, -0.15) is 0 Å². The molecule has 0 aromatic heterocycles. The van der Waals surface area contributed by atoms with Crippen LogP contribution in [0.3, 0.4) is 0 Å². The average molecular weight is 284 g/mol. The summed E-state index contributed by atoms with van der Waals surface area (Å²) in [5.74, 6) is 0.0285. The van der Waals surface area contributed by atoms with Gasteiger partial charge in [-0.05, 0) is 36.6 Å². The van der Waals surface area contributed by atoms with Crippen molar-refractivity contribution in [1.82, 2.24) is 5.32 Å². The molecule has 0 heterocycles. The molecule has 0 radical (unpaired) electrons. The maximum atomic E-state index is 12.0. The number of hydrogen-bond donors (Lipinski definition) is 3. The first-order valence-electron chi connectivity index (χ1n) is 6.91. The number of amides is 1. The van der Waals surface area contributed by atoms with Crippen molar-refractivity contribution in [2.75, 3.05) is 0 Å². The van der Waals surface area contributed by atoms with Crippen molar-refractivity contribution >= 4 is 5.91 Å². The number of phenolic OH excluding ortho intramolecular Hbond substituents is 1. The molecule has 4 N–H and O–H groups in total. The lowest BCUT2D eigenvalue weighted by molar-refractivity contribution is -0.122. The quantitative estimate of drug-likeness (QED) is 0.785. The first kappa shape index (κ1) is 15.1. The Kier molecular flexibility index (Phi) is 4.95. The molecule has 0 aliphatic heterocycles. The fourth-order valence-corrected chi connectivity index (χ4v) is 2.12. The van der Waals surface area contributed by atoms with E-state index in [9.17, 15) is 9.90 Å². The van der Waals surface area contributed by atoms with Crippen LogP contribution < -0.4 is 11.1 Å². The third-order valence-corrected chi connectivity index (χ3v) is 3.28. The molecule has 2 aromatic rings. The highest BCUT2D eigenvalue weighted by atomic mass is 16.3. The van der Waals surface area contributed by atoms with Crippen molar-refractivity contribution < 1.29 is 9.90 Å². The molecular weight excluding hydrogens is 264 g/mol. The van der Waals surface area contributed by atoms with E-state index in [0.717, 1.165) is 16.7 Å². The van der Waals surface area contributed by atoms with Gasteiger partial charge in [0.05, 0.1) is 6.04 Å². The molecule has 4 nitrogen and oxygen atoms in total. The minimum Gasteiger partial charge on any atom is -0.508 e. The molecule has 1 atom stereocenters. The minimum atomic E-state index is -0.598. The third kappa shape index (κ3) is 4.61. The lowest BCUT2D eigenvalue weighted by atomic mass is 10.1. The Morgan fingerprint density at radius 2 is 1.90 bits per heavy atom. The third-order valence-electron chi connectivity index (χ3n) is 3.28. The molecule has 1 amide bonds.